The number of nitrogens with two attached hydrogens (primary N) is 1. The van der Waals surface area contributed by atoms with Gasteiger partial charge in [-0.3, -0.25) is 8.98 Å². The fourth-order valence-corrected chi connectivity index (χ4v) is 6.76. The first-order valence-corrected chi connectivity index (χ1v) is 14.7. The first-order chi connectivity index (χ1) is 17.7. The third-order valence-corrected chi connectivity index (χ3v) is 8.72. The topological polar surface area (TPSA) is 136 Å². The Morgan fingerprint density at radius 3 is 2.95 bits per heavy atom. The summed E-state index contributed by atoms with van der Waals surface area (Å²) in [6, 6.07) is 7.96. The van der Waals surface area contributed by atoms with E-state index in [1.54, 1.807) is 0 Å². The molecule has 2 aliphatic rings. The van der Waals surface area contributed by atoms with Gasteiger partial charge in [0.25, 0.3) is 0 Å². The van der Waals surface area contributed by atoms with Crippen LogP contribution in [0.5, 0.6) is 0 Å². The minimum Gasteiger partial charge on any atom is -0.367 e. The van der Waals surface area contributed by atoms with Gasteiger partial charge in [-0.05, 0) is 73.4 Å². The maximum Gasteiger partial charge on any atom is 0.333 e. The number of benzene rings is 1. The van der Waals surface area contributed by atoms with E-state index in [0.717, 1.165) is 41.8 Å². The molecule has 37 heavy (non-hydrogen) atoms. The van der Waals surface area contributed by atoms with Crippen LogP contribution in [-0.4, -0.2) is 43.4 Å². The Kier molecular flexibility index (Phi) is 7.62. The Labute approximate surface area is 225 Å². The normalized spacial score (nSPS) is 21.5. The molecule has 1 aliphatic heterocycles. The molecule has 2 aromatic heterocycles. The first kappa shape index (κ1) is 26.2. The molecule has 1 aromatic carbocycles. The van der Waals surface area contributed by atoms with Crippen molar-refractivity contribution >= 4 is 44.8 Å². The summed E-state index contributed by atoms with van der Waals surface area (Å²) in [5, 5.41) is 12.6. The average Bonchev–Trinajstić information content (AvgIpc) is 3.48. The SMILES string of the molecule is Cc1sc(C(=O)c2cncnc2N[C@H]2CC[C@@H](COS(N)(=O)=O)C2)cc1[C@@H]1NCCc2ccc(Cl)cc21. The number of carbonyl (C=O) groups excluding carboxylic acids is 1. The van der Waals surface area contributed by atoms with Gasteiger partial charge in [0.2, 0.25) is 5.78 Å². The number of thiophene rings is 1. The number of hydrogen-bond donors (Lipinski definition) is 3. The molecule has 3 atom stereocenters. The second-order valence-electron chi connectivity index (χ2n) is 9.51. The van der Waals surface area contributed by atoms with Gasteiger partial charge in [0.05, 0.1) is 23.1 Å². The van der Waals surface area contributed by atoms with Crippen molar-refractivity contribution in [1.82, 2.24) is 15.3 Å². The van der Waals surface area contributed by atoms with E-state index in [1.807, 2.05) is 25.1 Å². The van der Waals surface area contributed by atoms with Crippen molar-refractivity contribution in [3.63, 3.8) is 0 Å². The lowest BCUT2D eigenvalue weighted by Gasteiger charge is -2.27. The number of anilines is 1. The summed E-state index contributed by atoms with van der Waals surface area (Å²) in [5.41, 5.74) is 3.88. The van der Waals surface area contributed by atoms with Crippen LogP contribution < -0.4 is 15.8 Å². The Bertz CT molecular complexity index is 1430. The number of rotatable bonds is 8. The van der Waals surface area contributed by atoms with Crippen LogP contribution in [0.1, 0.15) is 62.1 Å². The Morgan fingerprint density at radius 1 is 1.30 bits per heavy atom. The van der Waals surface area contributed by atoms with E-state index in [-0.39, 0.29) is 30.4 Å². The van der Waals surface area contributed by atoms with Crippen LogP contribution in [0.2, 0.25) is 5.02 Å². The molecular formula is C25H28ClN5O4S2. The zero-order valence-corrected chi connectivity index (χ0v) is 22.6. The summed E-state index contributed by atoms with van der Waals surface area (Å²) < 4.78 is 26.9. The molecule has 4 N–H and O–H groups in total. The average molecular weight is 562 g/mol. The van der Waals surface area contributed by atoms with Crippen molar-refractivity contribution in [2.75, 3.05) is 18.5 Å². The lowest BCUT2D eigenvalue weighted by atomic mass is 9.90. The fraction of sp³-hybridized carbons (Fsp3) is 0.400. The van der Waals surface area contributed by atoms with Crippen molar-refractivity contribution in [3.8, 4) is 0 Å². The van der Waals surface area contributed by atoms with E-state index in [4.69, 9.17) is 20.9 Å². The van der Waals surface area contributed by atoms with Gasteiger partial charge in [-0.15, -0.1) is 11.3 Å². The van der Waals surface area contributed by atoms with Crippen LogP contribution in [0.3, 0.4) is 0 Å². The molecule has 0 spiro atoms. The highest BCUT2D eigenvalue weighted by Crippen LogP contribution is 2.37. The van der Waals surface area contributed by atoms with Gasteiger partial charge in [-0.1, -0.05) is 17.7 Å². The second kappa shape index (κ2) is 10.8. The maximum absolute atomic E-state index is 13.6. The molecule has 1 fully saturated rings. The summed E-state index contributed by atoms with van der Waals surface area (Å²) in [6.07, 6.45) is 6.16. The van der Waals surface area contributed by atoms with E-state index in [2.05, 4.69) is 26.7 Å². The highest BCUT2D eigenvalue weighted by molar-refractivity contribution is 7.84. The molecule has 12 heteroatoms. The number of carbonyl (C=O) groups is 1. The fourth-order valence-electron chi connectivity index (χ4n) is 5.18. The molecule has 9 nitrogen and oxygen atoms in total. The monoisotopic (exact) mass is 561 g/mol. The Morgan fingerprint density at radius 2 is 2.14 bits per heavy atom. The van der Waals surface area contributed by atoms with Gasteiger partial charge in [-0.2, -0.15) is 8.42 Å². The van der Waals surface area contributed by atoms with Gasteiger partial charge >= 0.3 is 10.3 Å². The predicted molar refractivity (Wildman–Crippen MR) is 143 cm³/mol. The summed E-state index contributed by atoms with van der Waals surface area (Å²) in [4.78, 5) is 23.7. The summed E-state index contributed by atoms with van der Waals surface area (Å²) in [5.74, 6) is 0.383. The maximum atomic E-state index is 13.6. The minimum atomic E-state index is -3.96. The van der Waals surface area contributed by atoms with E-state index in [0.29, 0.717) is 27.7 Å². The van der Waals surface area contributed by atoms with Crippen LogP contribution in [0.25, 0.3) is 0 Å². The number of halogens is 1. The molecule has 196 valence electrons. The quantitative estimate of drug-likeness (QED) is 0.354. The van der Waals surface area contributed by atoms with Crippen LogP contribution in [-0.2, 0) is 20.9 Å². The number of aromatic nitrogens is 2. The number of hydrogen-bond acceptors (Lipinski definition) is 9. The second-order valence-corrected chi connectivity index (χ2v) is 12.4. The van der Waals surface area contributed by atoms with E-state index < -0.39 is 10.3 Å². The van der Waals surface area contributed by atoms with Gasteiger partial charge in [-0.25, -0.2) is 15.1 Å². The molecule has 3 heterocycles. The van der Waals surface area contributed by atoms with Crippen molar-refractivity contribution in [2.24, 2.45) is 11.1 Å². The number of aryl methyl sites for hydroxylation is 1. The third-order valence-electron chi connectivity index (χ3n) is 6.96. The van der Waals surface area contributed by atoms with Crippen LogP contribution in [0.4, 0.5) is 5.82 Å². The van der Waals surface area contributed by atoms with E-state index in [1.165, 1.54) is 29.4 Å². The standard InChI is InChI=1S/C25H28ClN5O4S2/c1-14-19(23-20-9-17(26)4-3-16(20)6-7-29-23)10-22(36-14)24(32)21-11-28-13-30-25(21)31-18-5-2-15(8-18)12-35-37(27,33)34/h3-4,9-11,13,15,18,23,29H,2,5-8,12H2,1H3,(H2,27,33,34)(H,28,30,31)/t15-,18+,23+/m1/s1. The Balaban J connectivity index is 1.34. The molecule has 5 rings (SSSR count). The number of fused-ring (bicyclic) bond motifs is 1. The predicted octanol–water partition coefficient (Wildman–Crippen LogP) is 3.77. The summed E-state index contributed by atoms with van der Waals surface area (Å²) in [7, 11) is -3.96. The van der Waals surface area contributed by atoms with Gasteiger partial charge in [0, 0.05) is 28.7 Å². The lowest BCUT2D eigenvalue weighted by Crippen LogP contribution is -2.30. The van der Waals surface area contributed by atoms with Gasteiger partial charge < -0.3 is 10.6 Å². The highest BCUT2D eigenvalue weighted by Gasteiger charge is 2.29. The largest absolute Gasteiger partial charge is 0.367 e. The Hall–Kier alpha value is -2.41. The summed E-state index contributed by atoms with van der Waals surface area (Å²) in [6.45, 7) is 2.93. The van der Waals surface area contributed by atoms with Crippen molar-refractivity contribution < 1.29 is 17.4 Å². The van der Waals surface area contributed by atoms with E-state index in [9.17, 15) is 13.2 Å². The van der Waals surface area contributed by atoms with Crippen LogP contribution >= 0.6 is 22.9 Å². The lowest BCUT2D eigenvalue weighted by molar-refractivity contribution is 0.104. The zero-order valence-electron chi connectivity index (χ0n) is 20.2. The first-order valence-electron chi connectivity index (χ1n) is 12.1. The highest BCUT2D eigenvalue weighted by atomic mass is 35.5. The molecule has 0 saturated heterocycles. The third kappa shape index (κ3) is 6.02. The smallest absolute Gasteiger partial charge is 0.333 e. The molecule has 1 saturated carbocycles. The van der Waals surface area contributed by atoms with Crippen molar-refractivity contribution in [1.29, 1.82) is 0 Å². The number of ketones is 1. The molecule has 0 amide bonds. The molecule has 0 radical (unpaired) electrons. The van der Waals surface area contributed by atoms with Crippen LogP contribution in [0.15, 0.2) is 36.8 Å². The van der Waals surface area contributed by atoms with Gasteiger partial charge in [0.15, 0.2) is 0 Å². The summed E-state index contributed by atoms with van der Waals surface area (Å²) >= 11 is 7.76. The zero-order chi connectivity index (χ0) is 26.2. The molecule has 3 aromatic rings. The number of nitrogens with one attached hydrogen (secondary N) is 2. The van der Waals surface area contributed by atoms with Crippen LogP contribution in [0, 0.1) is 12.8 Å². The van der Waals surface area contributed by atoms with Gasteiger partial charge in [0.1, 0.15) is 12.1 Å². The van der Waals surface area contributed by atoms with E-state index >= 15 is 0 Å². The number of nitrogens with zero attached hydrogens (tertiary/aromatic N) is 2. The minimum absolute atomic E-state index is 0.0279. The molecule has 0 bridgehead atoms. The molecule has 1 aliphatic carbocycles. The molecular weight excluding hydrogens is 534 g/mol. The van der Waals surface area contributed by atoms with Crippen molar-refractivity contribution in [2.45, 2.75) is 44.7 Å². The van der Waals surface area contributed by atoms with Crippen molar-refractivity contribution in [3.05, 3.63) is 73.8 Å². The molecule has 0 unspecified atom stereocenters.